The number of esters is 1. The van der Waals surface area contributed by atoms with Crippen LogP contribution in [0.25, 0.3) is 0 Å². The summed E-state index contributed by atoms with van der Waals surface area (Å²) in [4.78, 5) is 36.3. The molecule has 0 N–H and O–H groups in total. The van der Waals surface area contributed by atoms with E-state index in [0.717, 1.165) is 4.90 Å². The molecule has 5 nitrogen and oxygen atoms in total. The number of fused-ring (bicyclic) bond motifs is 1. The lowest BCUT2D eigenvalue weighted by atomic mass is 10.1. The zero-order chi connectivity index (χ0) is 14.9. The van der Waals surface area contributed by atoms with Crippen LogP contribution in [-0.2, 0) is 9.53 Å². The Bertz CT molecular complexity index is 559. The van der Waals surface area contributed by atoms with Crippen molar-refractivity contribution in [2.24, 2.45) is 0 Å². The van der Waals surface area contributed by atoms with Crippen molar-refractivity contribution in [2.45, 2.75) is 12.8 Å². The number of rotatable bonds is 4. The third-order valence-corrected chi connectivity index (χ3v) is 3.72. The van der Waals surface area contributed by atoms with Crippen LogP contribution in [0.4, 0.5) is 0 Å². The molecule has 0 saturated heterocycles. The van der Waals surface area contributed by atoms with Gasteiger partial charge in [-0.05, 0) is 18.6 Å². The van der Waals surface area contributed by atoms with Crippen molar-refractivity contribution in [1.82, 2.24) is 4.90 Å². The second-order valence-corrected chi connectivity index (χ2v) is 5.07. The number of benzene rings is 1. The van der Waals surface area contributed by atoms with Gasteiger partial charge in [0, 0.05) is 13.0 Å². The average molecular weight is 316 g/mol. The number of ether oxygens (including phenoxy) is 1. The first kappa shape index (κ1) is 14.8. The zero-order valence-electron chi connectivity index (χ0n) is 10.6. The SMILES string of the molecule is COC(=O)CCCN1C(=O)c2cc(Cl)c(Cl)cc2C1=O. The monoisotopic (exact) mass is 315 g/mol. The number of halogens is 2. The number of carbonyl (C=O) groups is 3. The Hall–Kier alpha value is -1.59. The number of nitrogens with zero attached hydrogens (tertiary/aromatic N) is 1. The number of methoxy groups -OCH3 is 1. The zero-order valence-corrected chi connectivity index (χ0v) is 12.1. The summed E-state index contributed by atoms with van der Waals surface area (Å²) in [6.45, 7) is 0.149. The van der Waals surface area contributed by atoms with Crippen molar-refractivity contribution < 1.29 is 19.1 Å². The van der Waals surface area contributed by atoms with Crippen LogP contribution in [0.15, 0.2) is 12.1 Å². The van der Waals surface area contributed by atoms with E-state index in [0.29, 0.717) is 6.42 Å². The van der Waals surface area contributed by atoms with Gasteiger partial charge in [-0.2, -0.15) is 0 Å². The Kier molecular flexibility index (Phi) is 4.30. The molecule has 1 aliphatic rings. The Morgan fingerprint density at radius 1 is 1.15 bits per heavy atom. The minimum atomic E-state index is -0.423. The van der Waals surface area contributed by atoms with Crippen molar-refractivity contribution in [3.05, 3.63) is 33.3 Å². The molecular weight excluding hydrogens is 305 g/mol. The maximum Gasteiger partial charge on any atom is 0.305 e. The highest BCUT2D eigenvalue weighted by Crippen LogP contribution is 2.31. The van der Waals surface area contributed by atoms with Crippen molar-refractivity contribution in [2.75, 3.05) is 13.7 Å². The summed E-state index contributed by atoms with van der Waals surface area (Å²) in [6.07, 6.45) is 0.491. The Morgan fingerprint density at radius 3 is 2.10 bits per heavy atom. The second kappa shape index (κ2) is 5.81. The molecule has 20 heavy (non-hydrogen) atoms. The molecule has 0 bridgehead atoms. The molecule has 1 aromatic rings. The molecule has 1 aliphatic heterocycles. The van der Waals surface area contributed by atoms with Crippen LogP contribution >= 0.6 is 23.2 Å². The van der Waals surface area contributed by atoms with E-state index < -0.39 is 11.8 Å². The molecule has 1 heterocycles. The summed E-state index contributed by atoms with van der Waals surface area (Å²) in [7, 11) is 1.29. The van der Waals surface area contributed by atoms with E-state index in [9.17, 15) is 14.4 Å². The number of hydrogen-bond acceptors (Lipinski definition) is 4. The highest BCUT2D eigenvalue weighted by molar-refractivity contribution is 6.43. The van der Waals surface area contributed by atoms with E-state index in [1.165, 1.54) is 19.2 Å². The first-order valence-electron chi connectivity index (χ1n) is 5.87. The molecule has 0 aliphatic carbocycles. The Morgan fingerprint density at radius 2 is 1.65 bits per heavy atom. The number of imide groups is 1. The average Bonchev–Trinajstić information content (AvgIpc) is 2.64. The van der Waals surface area contributed by atoms with Crippen molar-refractivity contribution >= 4 is 41.0 Å². The minimum Gasteiger partial charge on any atom is -0.469 e. The van der Waals surface area contributed by atoms with Gasteiger partial charge in [-0.1, -0.05) is 23.2 Å². The molecule has 0 spiro atoms. The quantitative estimate of drug-likeness (QED) is 0.632. The van der Waals surface area contributed by atoms with Gasteiger partial charge < -0.3 is 4.74 Å². The van der Waals surface area contributed by atoms with Crippen LogP contribution in [0.3, 0.4) is 0 Å². The predicted molar refractivity (Wildman–Crippen MR) is 73.1 cm³/mol. The molecule has 0 fully saturated rings. The molecule has 0 unspecified atom stereocenters. The van der Waals surface area contributed by atoms with Gasteiger partial charge in [-0.3, -0.25) is 19.3 Å². The fourth-order valence-corrected chi connectivity index (χ4v) is 2.30. The molecule has 0 saturated carbocycles. The fraction of sp³-hybridized carbons (Fsp3) is 0.308. The van der Waals surface area contributed by atoms with E-state index in [2.05, 4.69) is 4.74 Å². The lowest BCUT2D eigenvalue weighted by Crippen LogP contribution is -2.31. The third kappa shape index (κ3) is 2.64. The van der Waals surface area contributed by atoms with Crippen LogP contribution < -0.4 is 0 Å². The first-order valence-corrected chi connectivity index (χ1v) is 6.63. The topological polar surface area (TPSA) is 63.7 Å². The van der Waals surface area contributed by atoms with E-state index in [1.807, 2.05) is 0 Å². The van der Waals surface area contributed by atoms with Gasteiger partial charge in [-0.15, -0.1) is 0 Å². The summed E-state index contributed by atoms with van der Waals surface area (Å²) in [5.74, 6) is -1.23. The smallest absolute Gasteiger partial charge is 0.305 e. The normalized spacial score (nSPS) is 13.7. The van der Waals surface area contributed by atoms with Crippen LogP contribution in [0.2, 0.25) is 10.0 Å². The summed E-state index contributed by atoms with van der Waals surface area (Å²) in [6, 6.07) is 2.78. The van der Waals surface area contributed by atoms with E-state index in [-0.39, 0.29) is 40.1 Å². The molecule has 0 atom stereocenters. The molecule has 7 heteroatoms. The van der Waals surface area contributed by atoms with Gasteiger partial charge in [0.2, 0.25) is 0 Å². The van der Waals surface area contributed by atoms with Gasteiger partial charge in [0.15, 0.2) is 0 Å². The van der Waals surface area contributed by atoms with Crippen LogP contribution in [0.1, 0.15) is 33.6 Å². The third-order valence-electron chi connectivity index (χ3n) is 3.00. The molecule has 2 rings (SSSR count). The fourth-order valence-electron chi connectivity index (χ4n) is 1.97. The van der Waals surface area contributed by atoms with Crippen LogP contribution in [0, 0.1) is 0 Å². The second-order valence-electron chi connectivity index (χ2n) is 4.25. The number of hydrogen-bond donors (Lipinski definition) is 0. The molecule has 2 amide bonds. The largest absolute Gasteiger partial charge is 0.469 e. The lowest BCUT2D eigenvalue weighted by molar-refractivity contribution is -0.140. The highest BCUT2D eigenvalue weighted by Gasteiger charge is 2.35. The van der Waals surface area contributed by atoms with Gasteiger partial charge in [0.25, 0.3) is 11.8 Å². The summed E-state index contributed by atoms with van der Waals surface area (Å²) in [5, 5.41) is 0.450. The van der Waals surface area contributed by atoms with Crippen molar-refractivity contribution in [1.29, 1.82) is 0 Å². The summed E-state index contributed by atoms with van der Waals surface area (Å²) < 4.78 is 4.50. The van der Waals surface area contributed by atoms with E-state index in [1.54, 1.807) is 0 Å². The van der Waals surface area contributed by atoms with Crippen molar-refractivity contribution in [3.63, 3.8) is 0 Å². The van der Waals surface area contributed by atoms with Crippen LogP contribution in [-0.4, -0.2) is 36.3 Å². The molecule has 1 aromatic carbocycles. The van der Waals surface area contributed by atoms with Gasteiger partial charge in [-0.25, -0.2) is 0 Å². The lowest BCUT2D eigenvalue weighted by Gasteiger charge is -2.12. The molecule has 0 radical (unpaired) electrons. The summed E-state index contributed by atoms with van der Waals surface area (Å²) >= 11 is 11.7. The standard InChI is InChI=1S/C13H11Cl2NO4/c1-20-11(17)3-2-4-16-12(18)7-5-9(14)10(15)6-8(7)13(16)19/h5-6H,2-4H2,1H3. The van der Waals surface area contributed by atoms with Gasteiger partial charge >= 0.3 is 5.97 Å². The molecule has 106 valence electrons. The predicted octanol–water partition coefficient (Wildman–Crippen LogP) is 2.54. The maximum absolute atomic E-state index is 12.1. The van der Waals surface area contributed by atoms with Gasteiger partial charge in [0.1, 0.15) is 0 Å². The Labute approximate surface area is 125 Å². The number of amides is 2. The molecular formula is C13H11Cl2NO4. The number of carbonyl (C=O) groups excluding carboxylic acids is 3. The van der Waals surface area contributed by atoms with Crippen LogP contribution in [0.5, 0.6) is 0 Å². The van der Waals surface area contributed by atoms with Gasteiger partial charge in [0.05, 0.1) is 28.3 Å². The minimum absolute atomic E-state index is 0.144. The van der Waals surface area contributed by atoms with Crippen molar-refractivity contribution in [3.8, 4) is 0 Å². The Balaban J connectivity index is 2.14. The van der Waals surface area contributed by atoms with E-state index >= 15 is 0 Å². The van der Waals surface area contributed by atoms with E-state index in [4.69, 9.17) is 23.2 Å². The maximum atomic E-state index is 12.1. The highest BCUT2D eigenvalue weighted by atomic mass is 35.5. The molecule has 0 aromatic heterocycles. The summed E-state index contributed by atoms with van der Waals surface area (Å²) in [5.41, 5.74) is 0.477. The first-order chi connectivity index (χ1) is 9.45.